The van der Waals surface area contributed by atoms with Crippen molar-refractivity contribution in [3.63, 3.8) is 0 Å². The predicted molar refractivity (Wildman–Crippen MR) is 45.2 cm³/mol. The minimum Gasteiger partial charge on any atom is -0.0767 e. The molecule has 56 valence electrons. The Kier molecular flexibility index (Phi) is 8.62. The minimum atomic E-state index is 0. The van der Waals surface area contributed by atoms with Crippen LogP contribution in [0.2, 0.25) is 0 Å². The maximum absolute atomic E-state index is 2.00. The van der Waals surface area contributed by atoms with Gasteiger partial charge in [0, 0.05) is 53.2 Å². The maximum Gasteiger partial charge on any atom is 0.00506 e. The molecule has 11 heavy (non-hydrogen) atoms. The summed E-state index contributed by atoms with van der Waals surface area (Å²) in [4.78, 5) is 0. The maximum atomic E-state index is 2.00. The Bertz CT molecular complexity index is 143. The van der Waals surface area contributed by atoms with E-state index in [9.17, 15) is 0 Å². The smallest absolute Gasteiger partial charge is 0.00506 e. The summed E-state index contributed by atoms with van der Waals surface area (Å²) in [6.07, 6.45) is 20.0. The number of allylic oxidation sites excluding steroid dienone is 8. The van der Waals surface area contributed by atoms with Gasteiger partial charge in [0.1, 0.15) is 0 Å². The minimum absolute atomic E-state index is 0. The molecule has 0 N–H and O–H groups in total. The van der Waals surface area contributed by atoms with Crippen molar-refractivity contribution in [2.24, 2.45) is 0 Å². The summed E-state index contributed by atoms with van der Waals surface area (Å²) in [5.74, 6) is 0. The topological polar surface area (TPSA) is 0 Å². The van der Waals surface area contributed by atoms with Crippen molar-refractivity contribution in [3.8, 4) is 0 Å². The molecule has 2 aliphatic carbocycles. The summed E-state index contributed by atoms with van der Waals surface area (Å²) in [6.45, 7) is 0. The van der Waals surface area contributed by atoms with E-state index in [0.29, 0.717) is 0 Å². The van der Waals surface area contributed by atoms with E-state index in [0.717, 1.165) is 0 Å². The quantitative estimate of drug-likeness (QED) is 0.640. The molecule has 0 heterocycles. The molecule has 0 aromatic rings. The average Bonchev–Trinajstić information content (AvgIpc) is 2.67. The first-order valence-electron chi connectivity index (χ1n) is 3.33. The molecule has 0 fully saturated rings. The second-order valence-corrected chi connectivity index (χ2v) is 1.92. The van der Waals surface area contributed by atoms with Crippen molar-refractivity contribution < 1.29 is 40.4 Å². The van der Waals surface area contributed by atoms with Crippen LogP contribution >= 0.6 is 0 Å². The van der Waals surface area contributed by atoms with Gasteiger partial charge in [-0.2, -0.15) is 0 Å². The van der Waals surface area contributed by atoms with Crippen molar-refractivity contribution in [1.82, 2.24) is 0 Å². The predicted octanol–water partition coefficient (Wildman–Crippen LogP) is 2.63. The normalized spacial score (nSPS) is 16.0. The standard InChI is InChI=1S/2C5H5.Sm/c2*1-2-4-5-3-1;/h2*1-5H;. The van der Waals surface area contributed by atoms with Gasteiger partial charge >= 0.3 is 0 Å². The number of hydrogen-bond donors (Lipinski definition) is 0. The van der Waals surface area contributed by atoms with E-state index in [1.54, 1.807) is 0 Å². The summed E-state index contributed by atoms with van der Waals surface area (Å²) in [5.41, 5.74) is 0. The molecule has 0 saturated carbocycles. The van der Waals surface area contributed by atoms with Gasteiger partial charge in [-0.25, -0.2) is 0 Å². The Labute approximate surface area is 101 Å². The first-order valence-corrected chi connectivity index (χ1v) is 3.33. The van der Waals surface area contributed by atoms with Crippen LogP contribution in [-0.4, -0.2) is 0 Å². The molecule has 0 aromatic heterocycles. The molecule has 0 aliphatic heterocycles. The molecular weight excluding hydrogens is 270 g/mol. The fraction of sp³-hybridized carbons (Fsp3) is 0. The third-order valence-electron chi connectivity index (χ3n) is 1.11. The first-order chi connectivity index (χ1) is 5.00. The van der Waals surface area contributed by atoms with Crippen LogP contribution in [0, 0.1) is 53.2 Å². The monoisotopic (exact) mass is 282 g/mol. The second kappa shape index (κ2) is 8.39. The molecule has 1 heteroatoms. The van der Waals surface area contributed by atoms with Crippen LogP contribution < -0.4 is 0 Å². The van der Waals surface area contributed by atoms with Gasteiger partial charge in [0.05, 0.1) is 0 Å². The van der Waals surface area contributed by atoms with Gasteiger partial charge in [0.15, 0.2) is 0 Å². The average molecular weight is 281 g/mol. The van der Waals surface area contributed by atoms with Crippen molar-refractivity contribution in [3.05, 3.63) is 61.4 Å². The molecule has 2 aliphatic rings. The van der Waals surface area contributed by atoms with E-state index in [1.807, 2.05) is 61.4 Å². The van der Waals surface area contributed by atoms with E-state index in [4.69, 9.17) is 0 Å². The molecular formula is C10H10Sm. The van der Waals surface area contributed by atoms with Gasteiger partial charge in [-0.05, 0) is 0 Å². The van der Waals surface area contributed by atoms with E-state index in [1.165, 1.54) is 0 Å². The molecule has 0 saturated heterocycles. The van der Waals surface area contributed by atoms with Crippen molar-refractivity contribution >= 4 is 0 Å². The van der Waals surface area contributed by atoms with Crippen molar-refractivity contribution in [1.29, 1.82) is 0 Å². The van der Waals surface area contributed by atoms with E-state index < -0.39 is 0 Å². The van der Waals surface area contributed by atoms with Gasteiger partial charge in [-0.15, -0.1) is 0 Å². The molecule has 0 unspecified atom stereocenters. The summed E-state index contributed by atoms with van der Waals surface area (Å²) in [7, 11) is 0. The Morgan fingerprint density at radius 3 is 0.727 bits per heavy atom. The molecule has 0 aromatic carbocycles. The van der Waals surface area contributed by atoms with Crippen LogP contribution in [0.15, 0.2) is 48.6 Å². The van der Waals surface area contributed by atoms with Gasteiger partial charge < -0.3 is 0 Å². The second-order valence-electron chi connectivity index (χ2n) is 1.92. The zero-order valence-corrected chi connectivity index (χ0v) is 8.80. The fourth-order valence-electron chi connectivity index (χ4n) is 0.642. The zero-order valence-electron chi connectivity index (χ0n) is 6.18. The molecule has 2 rings (SSSR count). The first kappa shape index (κ1) is 11.3. The molecule has 2 radical (unpaired) electrons. The van der Waals surface area contributed by atoms with Crippen LogP contribution in [0.1, 0.15) is 0 Å². The molecule has 0 spiro atoms. The Hall–Kier alpha value is 0.298. The fourth-order valence-corrected chi connectivity index (χ4v) is 0.642. The van der Waals surface area contributed by atoms with Crippen molar-refractivity contribution in [2.45, 2.75) is 0 Å². The van der Waals surface area contributed by atoms with E-state index in [2.05, 4.69) is 0 Å². The third kappa shape index (κ3) is 6.69. The van der Waals surface area contributed by atoms with Crippen LogP contribution in [0.5, 0.6) is 0 Å². The summed E-state index contributed by atoms with van der Waals surface area (Å²) < 4.78 is 0. The van der Waals surface area contributed by atoms with Crippen LogP contribution in [0.3, 0.4) is 0 Å². The van der Waals surface area contributed by atoms with Crippen molar-refractivity contribution in [2.75, 3.05) is 0 Å². The van der Waals surface area contributed by atoms with Crippen LogP contribution in [0.25, 0.3) is 0 Å². The number of hydrogen-bond acceptors (Lipinski definition) is 0. The van der Waals surface area contributed by atoms with E-state index in [-0.39, 0.29) is 40.4 Å². The summed E-state index contributed by atoms with van der Waals surface area (Å²) >= 11 is 0. The molecule has 0 bridgehead atoms. The molecule has 0 atom stereocenters. The SMILES string of the molecule is [CH]1C=CC=C1.[CH]1C=CC=C1.[Sm]. The number of rotatable bonds is 0. The van der Waals surface area contributed by atoms with Gasteiger partial charge in [0.25, 0.3) is 0 Å². The van der Waals surface area contributed by atoms with Crippen LogP contribution in [-0.2, 0) is 0 Å². The summed E-state index contributed by atoms with van der Waals surface area (Å²) in [6, 6.07) is 0. The van der Waals surface area contributed by atoms with E-state index >= 15 is 0 Å². The summed E-state index contributed by atoms with van der Waals surface area (Å²) in [5, 5.41) is 0. The zero-order chi connectivity index (χ0) is 7.07. The van der Waals surface area contributed by atoms with Gasteiger partial charge in [-0.3, -0.25) is 0 Å². The van der Waals surface area contributed by atoms with Gasteiger partial charge in [-0.1, -0.05) is 48.6 Å². The van der Waals surface area contributed by atoms with Crippen LogP contribution in [0.4, 0.5) is 0 Å². The Balaban J connectivity index is 0.000000167. The Morgan fingerprint density at radius 1 is 0.364 bits per heavy atom. The largest absolute Gasteiger partial charge is 0.0767 e. The third-order valence-corrected chi connectivity index (χ3v) is 1.11. The molecule has 0 nitrogen and oxygen atoms in total. The molecule has 0 amide bonds. The Morgan fingerprint density at radius 2 is 0.636 bits per heavy atom. The van der Waals surface area contributed by atoms with Gasteiger partial charge in [0.2, 0.25) is 0 Å².